The topological polar surface area (TPSA) is 103 Å². The molecule has 0 radical (unpaired) electrons. The first-order chi connectivity index (χ1) is 14.3. The minimum Gasteiger partial charge on any atom is -0.484 e. The minimum atomic E-state index is -0.530. The van der Waals surface area contributed by atoms with Crippen LogP contribution >= 0.6 is 0 Å². The van der Waals surface area contributed by atoms with Crippen molar-refractivity contribution in [3.63, 3.8) is 0 Å². The van der Waals surface area contributed by atoms with E-state index in [0.717, 1.165) is 5.69 Å². The summed E-state index contributed by atoms with van der Waals surface area (Å²) >= 11 is 0. The number of amides is 2. The minimum absolute atomic E-state index is 0.0589. The van der Waals surface area contributed by atoms with Crippen LogP contribution in [-0.4, -0.2) is 80.4 Å². The molecule has 30 heavy (non-hydrogen) atoms. The molecule has 10 nitrogen and oxygen atoms in total. The highest BCUT2D eigenvalue weighted by Crippen LogP contribution is 2.15. The van der Waals surface area contributed by atoms with Crippen LogP contribution in [0.25, 0.3) is 5.69 Å². The van der Waals surface area contributed by atoms with Crippen molar-refractivity contribution in [2.45, 2.75) is 40.2 Å². The molecular weight excluding hydrogens is 388 g/mol. The van der Waals surface area contributed by atoms with Crippen LogP contribution in [-0.2, 0) is 9.53 Å². The second-order valence-electron chi connectivity index (χ2n) is 7.39. The normalized spacial score (nSPS) is 13.9. The van der Waals surface area contributed by atoms with Gasteiger partial charge in [-0.05, 0) is 55.5 Å². The van der Waals surface area contributed by atoms with E-state index in [9.17, 15) is 9.59 Å². The van der Waals surface area contributed by atoms with Crippen molar-refractivity contribution in [1.82, 2.24) is 30.0 Å². The van der Waals surface area contributed by atoms with E-state index in [2.05, 4.69) is 15.5 Å². The number of carbonyl (C=O) groups is 2. The van der Waals surface area contributed by atoms with Gasteiger partial charge in [-0.1, -0.05) is 13.8 Å². The second-order valence-corrected chi connectivity index (χ2v) is 7.39. The predicted octanol–water partition coefficient (Wildman–Crippen LogP) is 2.15. The van der Waals surface area contributed by atoms with Crippen LogP contribution < -0.4 is 4.74 Å². The maximum absolute atomic E-state index is 12.4. The van der Waals surface area contributed by atoms with Gasteiger partial charge in [0.1, 0.15) is 17.7 Å². The van der Waals surface area contributed by atoms with Crippen molar-refractivity contribution in [2.24, 2.45) is 0 Å². The summed E-state index contributed by atoms with van der Waals surface area (Å²) in [6, 6.07) is 7.11. The number of ether oxygens (including phenoxy) is 2. The van der Waals surface area contributed by atoms with Gasteiger partial charge < -0.3 is 19.3 Å². The number of carbonyl (C=O) groups excluding carboxylic acids is 2. The van der Waals surface area contributed by atoms with Crippen molar-refractivity contribution in [3.8, 4) is 11.4 Å². The van der Waals surface area contributed by atoms with E-state index in [-0.39, 0.29) is 18.6 Å². The third-order valence-corrected chi connectivity index (χ3v) is 4.10. The zero-order valence-electron chi connectivity index (χ0n) is 18.2. The zero-order valence-corrected chi connectivity index (χ0v) is 18.2. The number of hydrogen-bond acceptors (Lipinski definition) is 7. The van der Waals surface area contributed by atoms with E-state index in [1.54, 1.807) is 34.1 Å². The molecule has 0 aliphatic carbocycles. The molecule has 0 saturated carbocycles. The monoisotopic (exact) mass is 418 g/mol. The maximum Gasteiger partial charge on any atom is 0.410 e. The smallest absolute Gasteiger partial charge is 0.410 e. The highest BCUT2D eigenvalue weighted by Gasteiger charge is 2.27. The van der Waals surface area contributed by atoms with Crippen molar-refractivity contribution >= 4 is 12.0 Å². The Balaban J connectivity index is 0.00000155. The van der Waals surface area contributed by atoms with Gasteiger partial charge in [-0.3, -0.25) is 4.79 Å². The standard InChI is InChI=1S/C18H24N6O4.C2H6/c1-18(2,3)28-17(26)23-10-8-22(9-11-23)16(25)12-27-15-6-4-14(5-7-15)24-13-19-20-21-24;1-2/h4-7,13H,8-12H2,1-3H3;1-2H3. The van der Waals surface area contributed by atoms with E-state index >= 15 is 0 Å². The molecule has 1 aromatic carbocycles. The molecule has 0 spiro atoms. The Morgan fingerprint density at radius 3 is 2.13 bits per heavy atom. The van der Waals surface area contributed by atoms with Crippen molar-refractivity contribution in [2.75, 3.05) is 32.8 Å². The largest absolute Gasteiger partial charge is 0.484 e. The highest BCUT2D eigenvalue weighted by atomic mass is 16.6. The van der Waals surface area contributed by atoms with Crippen LogP contribution in [0, 0.1) is 0 Å². The Bertz CT molecular complexity index is 794. The molecular formula is C20H30N6O4. The van der Waals surface area contributed by atoms with E-state index in [1.807, 2.05) is 34.6 Å². The first-order valence-corrected chi connectivity index (χ1v) is 10.0. The predicted molar refractivity (Wildman–Crippen MR) is 110 cm³/mol. The Hall–Kier alpha value is -3.17. The molecule has 2 aromatic rings. The van der Waals surface area contributed by atoms with Crippen LogP contribution in [0.2, 0.25) is 0 Å². The van der Waals surface area contributed by atoms with Gasteiger partial charge in [0.05, 0.1) is 5.69 Å². The molecule has 0 atom stereocenters. The Kier molecular flexibility index (Phi) is 8.14. The Labute approximate surface area is 176 Å². The molecule has 10 heteroatoms. The SMILES string of the molecule is CC.CC(C)(C)OC(=O)N1CCN(C(=O)COc2ccc(-n3cnnn3)cc2)CC1. The fourth-order valence-corrected chi connectivity index (χ4v) is 2.68. The summed E-state index contributed by atoms with van der Waals surface area (Å²) in [7, 11) is 0. The van der Waals surface area contributed by atoms with Crippen LogP contribution in [0.1, 0.15) is 34.6 Å². The third kappa shape index (κ3) is 6.71. The molecule has 1 fully saturated rings. The van der Waals surface area contributed by atoms with Gasteiger partial charge in [0.2, 0.25) is 0 Å². The van der Waals surface area contributed by atoms with Crippen LogP contribution in [0.4, 0.5) is 4.79 Å². The van der Waals surface area contributed by atoms with Gasteiger partial charge in [-0.15, -0.1) is 5.10 Å². The fraction of sp³-hybridized carbons (Fsp3) is 0.550. The Morgan fingerprint density at radius 2 is 1.60 bits per heavy atom. The number of benzene rings is 1. The average molecular weight is 418 g/mol. The van der Waals surface area contributed by atoms with E-state index in [0.29, 0.717) is 31.9 Å². The first-order valence-electron chi connectivity index (χ1n) is 10.0. The molecule has 1 saturated heterocycles. The molecule has 0 bridgehead atoms. The molecule has 2 amide bonds. The van der Waals surface area contributed by atoms with Gasteiger partial charge in [0, 0.05) is 26.2 Å². The van der Waals surface area contributed by atoms with Gasteiger partial charge in [0.25, 0.3) is 5.91 Å². The van der Waals surface area contributed by atoms with Crippen LogP contribution in [0.5, 0.6) is 5.75 Å². The number of hydrogen-bond donors (Lipinski definition) is 0. The molecule has 1 aromatic heterocycles. The fourth-order valence-electron chi connectivity index (χ4n) is 2.68. The van der Waals surface area contributed by atoms with Crippen LogP contribution in [0.3, 0.4) is 0 Å². The molecule has 1 aliphatic heterocycles. The molecule has 0 unspecified atom stereocenters. The number of rotatable bonds is 4. The lowest BCUT2D eigenvalue weighted by Gasteiger charge is -2.35. The summed E-state index contributed by atoms with van der Waals surface area (Å²) in [5, 5.41) is 11.0. The summed E-state index contributed by atoms with van der Waals surface area (Å²) in [6.07, 6.45) is 1.15. The summed E-state index contributed by atoms with van der Waals surface area (Å²) < 4.78 is 12.5. The van der Waals surface area contributed by atoms with Gasteiger partial charge >= 0.3 is 6.09 Å². The molecule has 164 valence electrons. The van der Waals surface area contributed by atoms with E-state index in [4.69, 9.17) is 9.47 Å². The number of aromatic nitrogens is 4. The van der Waals surface area contributed by atoms with E-state index in [1.165, 1.54) is 11.0 Å². The van der Waals surface area contributed by atoms with E-state index < -0.39 is 5.60 Å². The zero-order chi connectivity index (χ0) is 22.1. The lowest BCUT2D eigenvalue weighted by molar-refractivity contribution is -0.135. The first kappa shape index (κ1) is 23.1. The molecule has 1 aliphatic rings. The van der Waals surface area contributed by atoms with Crippen molar-refractivity contribution in [1.29, 1.82) is 0 Å². The van der Waals surface area contributed by atoms with Crippen molar-refractivity contribution in [3.05, 3.63) is 30.6 Å². The summed E-state index contributed by atoms with van der Waals surface area (Å²) in [5.41, 5.74) is 0.264. The number of piperazine rings is 1. The summed E-state index contributed by atoms with van der Waals surface area (Å²) in [6.45, 7) is 11.2. The summed E-state index contributed by atoms with van der Waals surface area (Å²) in [5.74, 6) is 0.464. The Morgan fingerprint density at radius 1 is 1.00 bits per heavy atom. The summed E-state index contributed by atoms with van der Waals surface area (Å²) in [4.78, 5) is 27.8. The van der Waals surface area contributed by atoms with Crippen molar-refractivity contribution < 1.29 is 19.1 Å². The lowest BCUT2D eigenvalue weighted by atomic mass is 10.2. The molecule has 3 rings (SSSR count). The molecule has 0 N–H and O–H groups in total. The van der Waals surface area contributed by atoms with Crippen LogP contribution in [0.15, 0.2) is 30.6 Å². The number of tetrazole rings is 1. The van der Waals surface area contributed by atoms with Gasteiger partial charge in [-0.2, -0.15) is 0 Å². The highest BCUT2D eigenvalue weighted by molar-refractivity contribution is 5.78. The third-order valence-electron chi connectivity index (χ3n) is 4.10. The second kappa shape index (κ2) is 10.6. The lowest BCUT2D eigenvalue weighted by Crippen LogP contribution is -2.52. The van der Waals surface area contributed by atoms with Gasteiger partial charge in [-0.25, -0.2) is 9.48 Å². The average Bonchev–Trinajstić information content (AvgIpc) is 3.28. The quantitative estimate of drug-likeness (QED) is 0.749. The van der Waals surface area contributed by atoms with Gasteiger partial charge in [0.15, 0.2) is 6.61 Å². The number of nitrogens with zero attached hydrogens (tertiary/aromatic N) is 6. The maximum atomic E-state index is 12.4. The molecule has 2 heterocycles.